The van der Waals surface area contributed by atoms with Gasteiger partial charge in [-0.15, -0.1) is 0 Å². The number of morpholine rings is 1. The quantitative estimate of drug-likeness (QED) is 0.804. The Morgan fingerprint density at radius 2 is 1.78 bits per heavy atom. The first-order valence-corrected chi connectivity index (χ1v) is 10.00. The van der Waals surface area contributed by atoms with Crippen LogP contribution in [-0.2, 0) is 20.8 Å². The normalized spacial score (nSPS) is 25.7. The average molecular weight is 374 g/mol. The van der Waals surface area contributed by atoms with Gasteiger partial charge < -0.3 is 19.1 Å². The topological polar surface area (TPSA) is 51.2 Å². The lowest BCUT2D eigenvalue weighted by molar-refractivity contribution is -0.144. The summed E-state index contributed by atoms with van der Waals surface area (Å²) in [6.45, 7) is 6.98. The van der Waals surface area contributed by atoms with Crippen molar-refractivity contribution in [3.63, 3.8) is 0 Å². The second kappa shape index (κ2) is 8.17. The molecule has 0 bridgehead atoms. The van der Waals surface area contributed by atoms with Crippen LogP contribution >= 0.6 is 0 Å². The Bertz CT molecular complexity index is 636. The number of hydrogen-bond donors (Lipinski definition) is 0. The van der Waals surface area contributed by atoms with Gasteiger partial charge in [-0.2, -0.15) is 0 Å². The van der Waals surface area contributed by atoms with Crippen molar-refractivity contribution in [3.8, 4) is 5.75 Å². The summed E-state index contributed by atoms with van der Waals surface area (Å²) < 4.78 is 16.3. The molecule has 3 heterocycles. The molecule has 6 nitrogen and oxygen atoms in total. The van der Waals surface area contributed by atoms with E-state index in [4.69, 9.17) is 14.2 Å². The lowest BCUT2D eigenvalue weighted by atomic mass is 9.71. The van der Waals surface area contributed by atoms with Crippen molar-refractivity contribution >= 4 is 5.91 Å². The zero-order chi connectivity index (χ0) is 18.7. The molecule has 1 amide bonds. The van der Waals surface area contributed by atoms with Crippen molar-refractivity contribution in [2.75, 3.05) is 59.7 Å². The predicted molar refractivity (Wildman–Crippen MR) is 102 cm³/mol. The monoisotopic (exact) mass is 374 g/mol. The SMILES string of the molecule is COc1ccc(CN2CC(C(=O)N3CCOCC3)C3(CCOCC3)C2)cc1. The molecule has 1 spiro atoms. The van der Waals surface area contributed by atoms with Crippen LogP contribution in [0.3, 0.4) is 0 Å². The van der Waals surface area contributed by atoms with Crippen LogP contribution < -0.4 is 4.74 Å². The number of carbonyl (C=O) groups is 1. The molecule has 6 heteroatoms. The molecule has 1 unspecified atom stereocenters. The predicted octanol–water partition coefficient (Wildman–Crippen LogP) is 1.78. The van der Waals surface area contributed by atoms with Gasteiger partial charge >= 0.3 is 0 Å². The number of ether oxygens (including phenoxy) is 3. The zero-order valence-electron chi connectivity index (χ0n) is 16.2. The van der Waals surface area contributed by atoms with Gasteiger partial charge in [0.05, 0.1) is 26.2 Å². The van der Waals surface area contributed by atoms with Crippen LogP contribution in [-0.4, -0.2) is 75.4 Å². The van der Waals surface area contributed by atoms with Gasteiger partial charge in [-0.3, -0.25) is 9.69 Å². The van der Waals surface area contributed by atoms with Crippen molar-refractivity contribution in [2.45, 2.75) is 19.4 Å². The number of likely N-dealkylation sites (tertiary alicyclic amines) is 1. The van der Waals surface area contributed by atoms with Crippen LogP contribution in [0.4, 0.5) is 0 Å². The molecule has 148 valence electrons. The van der Waals surface area contributed by atoms with Crippen molar-refractivity contribution < 1.29 is 19.0 Å². The standard InChI is InChI=1S/C21H30N2O4/c1-25-18-4-2-17(3-5-18)14-22-15-19(20(24)23-8-12-27-13-9-23)21(16-22)6-10-26-11-7-21/h2-5,19H,6-16H2,1H3. The van der Waals surface area contributed by atoms with Gasteiger partial charge in [-0.25, -0.2) is 0 Å². The van der Waals surface area contributed by atoms with Gasteiger partial charge in [-0.1, -0.05) is 12.1 Å². The number of carbonyl (C=O) groups excluding carboxylic acids is 1. The van der Waals surface area contributed by atoms with Crippen molar-refractivity contribution in [1.82, 2.24) is 9.80 Å². The Kier molecular flexibility index (Phi) is 5.66. The summed E-state index contributed by atoms with van der Waals surface area (Å²) in [6, 6.07) is 8.25. The maximum Gasteiger partial charge on any atom is 0.227 e. The Morgan fingerprint density at radius 3 is 2.44 bits per heavy atom. The molecule has 4 rings (SSSR count). The molecule has 0 aromatic heterocycles. The van der Waals surface area contributed by atoms with Crippen LogP contribution in [0.5, 0.6) is 5.75 Å². The molecule has 0 N–H and O–H groups in total. The second-order valence-electron chi connectivity index (χ2n) is 7.98. The molecule has 0 aliphatic carbocycles. The highest BCUT2D eigenvalue weighted by Crippen LogP contribution is 2.45. The minimum atomic E-state index is 0.0557. The third kappa shape index (κ3) is 3.98. The van der Waals surface area contributed by atoms with Gasteiger partial charge in [0.15, 0.2) is 0 Å². The number of benzene rings is 1. The smallest absolute Gasteiger partial charge is 0.227 e. The fraction of sp³-hybridized carbons (Fsp3) is 0.667. The summed E-state index contributed by atoms with van der Waals surface area (Å²) in [7, 11) is 1.69. The number of amides is 1. The van der Waals surface area contributed by atoms with Crippen LogP contribution in [0.1, 0.15) is 18.4 Å². The molecule has 3 fully saturated rings. The Morgan fingerprint density at radius 1 is 1.11 bits per heavy atom. The molecule has 1 aromatic rings. The van der Waals surface area contributed by atoms with E-state index in [-0.39, 0.29) is 11.3 Å². The van der Waals surface area contributed by atoms with E-state index in [1.54, 1.807) is 7.11 Å². The van der Waals surface area contributed by atoms with Crippen LogP contribution in [0.2, 0.25) is 0 Å². The third-order valence-electron chi connectivity index (χ3n) is 6.39. The molecule has 3 aliphatic heterocycles. The fourth-order valence-electron chi connectivity index (χ4n) is 4.81. The van der Waals surface area contributed by atoms with E-state index >= 15 is 0 Å². The molecule has 3 aliphatic rings. The lowest BCUT2D eigenvalue weighted by Gasteiger charge is -2.40. The van der Waals surface area contributed by atoms with E-state index in [1.165, 1.54) is 5.56 Å². The summed E-state index contributed by atoms with van der Waals surface area (Å²) in [5.41, 5.74) is 1.32. The maximum atomic E-state index is 13.3. The highest BCUT2D eigenvalue weighted by molar-refractivity contribution is 5.80. The first-order valence-electron chi connectivity index (χ1n) is 10.00. The second-order valence-corrected chi connectivity index (χ2v) is 7.98. The van der Waals surface area contributed by atoms with E-state index in [0.717, 1.165) is 64.5 Å². The minimum absolute atomic E-state index is 0.0557. The van der Waals surface area contributed by atoms with Gasteiger partial charge in [0, 0.05) is 51.4 Å². The first kappa shape index (κ1) is 18.7. The van der Waals surface area contributed by atoms with Gasteiger partial charge in [-0.05, 0) is 30.5 Å². The number of methoxy groups -OCH3 is 1. The molecule has 3 saturated heterocycles. The van der Waals surface area contributed by atoms with E-state index < -0.39 is 0 Å². The Hall–Kier alpha value is -1.63. The van der Waals surface area contributed by atoms with Gasteiger partial charge in [0.25, 0.3) is 0 Å². The summed E-state index contributed by atoms with van der Waals surface area (Å²) in [4.78, 5) is 17.8. The first-order chi connectivity index (χ1) is 13.2. The molecule has 1 atom stereocenters. The van der Waals surface area contributed by atoms with E-state index in [2.05, 4.69) is 17.0 Å². The minimum Gasteiger partial charge on any atom is -0.497 e. The van der Waals surface area contributed by atoms with E-state index in [9.17, 15) is 4.79 Å². The van der Waals surface area contributed by atoms with Crippen molar-refractivity contribution in [1.29, 1.82) is 0 Å². The maximum absolute atomic E-state index is 13.3. The van der Waals surface area contributed by atoms with Gasteiger partial charge in [0.2, 0.25) is 5.91 Å². The largest absolute Gasteiger partial charge is 0.497 e. The summed E-state index contributed by atoms with van der Waals surface area (Å²) >= 11 is 0. The molecule has 0 saturated carbocycles. The number of nitrogens with zero attached hydrogens (tertiary/aromatic N) is 2. The van der Waals surface area contributed by atoms with Crippen molar-refractivity contribution in [2.24, 2.45) is 11.3 Å². The van der Waals surface area contributed by atoms with E-state index in [1.807, 2.05) is 17.0 Å². The summed E-state index contributed by atoms with van der Waals surface area (Å²) in [5, 5.41) is 0. The van der Waals surface area contributed by atoms with Gasteiger partial charge in [0.1, 0.15) is 5.75 Å². The van der Waals surface area contributed by atoms with Crippen LogP contribution in [0, 0.1) is 11.3 Å². The molecule has 27 heavy (non-hydrogen) atoms. The van der Waals surface area contributed by atoms with Crippen molar-refractivity contribution in [3.05, 3.63) is 29.8 Å². The highest BCUT2D eigenvalue weighted by atomic mass is 16.5. The lowest BCUT2D eigenvalue weighted by Crippen LogP contribution is -2.49. The van der Waals surface area contributed by atoms with Crippen LogP contribution in [0.25, 0.3) is 0 Å². The summed E-state index contributed by atoms with van der Waals surface area (Å²) in [6.07, 6.45) is 1.96. The highest BCUT2D eigenvalue weighted by Gasteiger charge is 2.51. The Balaban J connectivity index is 1.49. The molecular formula is C21H30N2O4. The molecular weight excluding hydrogens is 344 g/mol. The zero-order valence-corrected chi connectivity index (χ0v) is 16.2. The molecule has 1 aromatic carbocycles. The third-order valence-corrected chi connectivity index (χ3v) is 6.39. The Labute approximate surface area is 161 Å². The fourth-order valence-corrected chi connectivity index (χ4v) is 4.81. The molecule has 0 radical (unpaired) electrons. The van der Waals surface area contributed by atoms with E-state index in [0.29, 0.717) is 19.1 Å². The number of hydrogen-bond acceptors (Lipinski definition) is 5. The summed E-state index contributed by atoms with van der Waals surface area (Å²) in [5.74, 6) is 1.26. The average Bonchev–Trinajstić information content (AvgIpc) is 3.06. The number of rotatable bonds is 4. The van der Waals surface area contributed by atoms with Crippen LogP contribution in [0.15, 0.2) is 24.3 Å².